The van der Waals surface area contributed by atoms with Crippen molar-refractivity contribution < 1.29 is 14.3 Å². The zero-order valence-electron chi connectivity index (χ0n) is 7.08. The minimum absolute atomic E-state index is 0.0331. The first-order valence-corrected chi connectivity index (χ1v) is 3.97. The standard InChI is InChI=1S/C9H12O3/c1-3-5-12-9(10)8-7(2)4-6-11-8/h1,7-8H,4-6H2,2H3/t7-,8+/m1/s1. The Balaban J connectivity index is 2.37. The molecule has 1 saturated heterocycles. The molecular formula is C9H12O3. The zero-order chi connectivity index (χ0) is 8.97. The third-order valence-electron chi connectivity index (χ3n) is 1.92. The van der Waals surface area contributed by atoms with Crippen LogP contribution in [0.3, 0.4) is 0 Å². The molecule has 3 nitrogen and oxygen atoms in total. The Labute approximate surface area is 72.0 Å². The topological polar surface area (TPSA) is 35.5 Å². The largest absolute Gasteiger partial charge is 0.451 e. The van der Waals surface area contributed by atoms with Gasteiger partial charge >= 0.3 is 5.97 Å². The first kappa shape index (κ1) is 9.08. The highest BCUT2D eigenvalue weighted by Gasteiger charge is 2.31. The Hall–Kier alpha value is -1.01. The van der Waals surface area contributed by atoms with Gasteiger partial charge in [0.25, 0.3) is 0 Å². The minimum Gasteiger partial charge on any atom is -0.451 e. The smallest absolute Gasteiger partial charge is 0.336 e. The molecular weight excluding hydrogens is 156 g/mol. The third-order valence-corrected chi connectivity index (χ3v) is 1.92. The zero-order valence-corrected chi connectivity index (χ0v) is 7.08. The van der Waals surface area contributed by atoms with Gasteiger partial charge in [-0.3, -0.25) is 0 Å². The highest BCUT2D eigenvalue weighted by molar-refractivity contribution is 5.75. The second-order valence-electron chi connectivity index (χ2n) is 2.87. The van der Waals surface area contributed by atoms with Crippen LogP contribution in [-0.4, -0.2) is 25.3 Å². The Morgan fingerprint density at radius 1 is 1.83 bits per heavy atom. The predicted octanol–water partition coefficient (Wildman–Crippen LogP) is 0.588. The molecule has 0 spiro atoms. The highest BCUT2D eigenvalue weighted by atomic mass is 16.6. The van der Waals surface area contributed by atoms with E-state index in [1.165, 1.54) is 0 Å². The number of esters is 1. The lowest BCUT2D eigenvalue weighted by molar-refractivity contribution is -0.154. The van der Waals surface area contributed by atoms with Crippen molar-refractivity contribution in [2.24, 2.45) is 5.92 Å². The van der Waals surface area contributed by atoms with E-state index in [1.807, 2.05) is 6.92 Å². The summed E-state index contributed by atoms with van der Waals surface area (Å²) in [4.78, 5) is 11.2. The quantitative estimate of drug-likeness (QED) is 0.447. The summed E-state index contributed by atoms with van der Waals surface area (Å²) in [5.74, 6) is 2.15. The summed E-state index contributed by atoms with van der Waals surface area (Å²) in [6.07, 6.45) is 5.45. The number of carbonyl (C=O) groups is 1. The lowest BCUT2D eigenvalue weighted by Gasteiger charge is -2.11. The average molecular weight is 168 g/mol. The Morgan fingerprint density at radius 2 is 2.58 bits per heavy atom. The number of ether oxygens (including phenoxy) is 2. The molecule has 12 heavy (non-hydrogen) atoms. The summed E-state index contributed by atoms with van der Waals surface area (Å²) >= 11 is 0. The van der Waals surface area contributed by atoms with E-state index in [4.69, 9.17) is 15.9 Å². The monoisotopic (exact) mass is 168 g/mol. The SMILES string of the molecule is C#CCOC(=O)[C@H]1OCC[C@H]1C. The van der Waals surface area contributed by atoms with E-state index >= 15 is 0 Å². The van der Waals surface area contributed by atoms with Gasteiger partial charge in [0.05, 0.1) is 0 Å². The molecule has 3 heteroatoms. The molecule has 0 unspecified atom stereocenters. The van der Waals surface area contributed by atoms with Gasteiger partial charge in [-0.25, -0.2) is 4.79 Å². The molecule has 0 saturated carbocycles. The van der Waals surface area contributed by atoms with Crippen molar-refractivity contribution in [1.29, 1.82) is 0 Å². The van der Waals surface area contributed by atoms with Crippen molar-refractivity contribution in [2.45, 2.75) is 19.4 Å². The highest BCUT2D eigenvalue weighted by Crippen LogP contribution is 2.20. The summed E-state index contributed by atoms with van der Waals surface area (Å²) in [5, 5.41) is 0. The number of rotatable bonds is 2. The number of terminal acetylenes is 1. The summed E-state index contributed by atoms with van der Waals surface area (Å²) in [6.45, 7) is 2.64. The van der Waals surface area contributed by atoms with Crippen LogP contribution in [0.4, 0.5) is 0 Å². The average Bonchev–Trinajstić information content (AvgIpc) is 2.47. The molecule has 66 valence electrons. The predicted molar refractivity (Wildman–Crippen MR) is 43.3 cm³/mol. The second-order valence-corrected chi connectivity index (χ2v) is 2.87. The van der Waals surface area contributed by atoms with E-state index in [0.29, 0.717) is 6.61 Å². The molecule has 0 N–H and O–H groups in total. The molecule has 0 aromatic rings. The van der Waals surface area contributed by atoms with E-state index in [9.17, 15) is 4.79 Å². The van der Waals surface area contributed by atoms with Gasteiger partial charge in [0.2, 0.25) is 0 Å². The van der Waals surface area contributed by atoms with Crippen molar-refractivity contribution in [1.82, 2.24) is 0 Å². The van der Waals surface area contributed by atoms with Crippen LogP contribution in [0.5, 0.6) is 0 Å². The maximum absolute atomic E-state index is 11.2. The Bertz CT molecular complexity index is 204. The number of carbonyl (C=O) groups excluding carboxylic acids is 1. The number of hydrogen-bond acceptors (Lipinski definition) is 3. The van der Waals surface area contributed by atoms with Crippen LogP contribution in [0.15, 0.2) is 0 Å². The van der Waals surface area contributed by atoms with Crippen molar-refractivity contribution in [3.63, 3.8) is 0 Å². The van der Waals surface area contributed by atoms with E-state index in [2.05, 4.69) is 5.92 Å². The van der Waals surface area contributed by atoms with Crippen molar-refractivity contribution in [2.75, 3.05) is 13.2 Å². The van der Waals surface area contributed by atoms with Gasteiger partial charge < -0.3 is 9.47 Å². The fourth-order valence-electron chi connectivity index (χ4n) is 1.19. The Morgan fingerprint density at radius 3 is 3.08 bits per heavy atom. The van der Waals surface area contributed by atoms with Crippen LogP contribution in [-0.2, 0) is 14.3 Å². The van der Waals surface area contributed by atoms with Crippen LogP contribution in [0, 0.1) is 18.3 Å². The van der Waals surface area contributed by atoms with Crippen LogP contribution in [0.25, 0.3) is 0 Å². The van der Waals surface area contributed by atoms with E-state index in [1.54, 1.807) is 0 Å². The molecule has 1 fully saturated rings. The molecule has 0 radical (unpaired) electrons. The molecule has 0 aromatic carbocycles. The summed E-state index contributed by atoms with van der Waals surface area (Å²) in [5.41, 5.74) is 0. The summed E-state index contributed by atoms with van der Waals surface area (Å²) in [7, 11) is 0. The van der Waals surface area contributed by atoms with Crippen LogP contribution >= 0.6 is 0 Å². The Kier molecular flexibility index (Phi) is 3.12. The van der Waals surface area contributed by atoms with Crippen LogP contribution < -0.4 is 0 Å². The van der Waals surface area contributed by atoms with Crippen molar-refractivity contribution in [3.05, 3.63) is 0 Å². The van der Waals surface area contributed by atoms with Crippen LogP contribution in [0.2, 0.25) is 0 Å². The number of hydrogen-bond donors (Lipinski definition) is 0. The maximum atomic E-state index is 11.2. The molecule has 1 rings (SSSR count). The molecule has 0 aromatic heterocycles. The van der Waals surface area contributed by atoms with E-state index < -0.39 is 6.10 Å². The van der Waals surface area contributed by atoms with Gasteiger partial charge in [-0.05, 0) is 12.3 Å². The molecule has 0 amide bonds. The fraction of sp³-hybridized carbons (Fsp3) is 0.667. The first-order valence-electron chi connectivity index (χ1n) is 3.97. The molecule has 1 aliphatic rings. The molecule has 0 aliphatic carbocycles. The van der Waals surface area contributed by atoms with Crippen molar-refractivity contribution in [3.8, 4) is 12.3 Å². The fourth-order valence-corrected chi connectivity index (χ4v) is 1.19. The minimum atomic E-state index is -0.404. The van der Waals surface area contributed by atoms with E-state index in [-0.39, 0.29) is 18.5 Å². The molecule has 1 aliphatic heterocycles. The normalized spacial score (nSPS) is 28.0. The summed E-state index contributed by atoms with van der Waals surface area (Å²) < 4.78 is 9.93. The summed E-state index contributed by atoms with van der Waals surface area (Å²) in [6, 6.07) is 0. The van der Waals surface area contributed by atoms with Gasteiger partial charge in [0, 0.05) is 6.61 Å². The van der Waals surface area contributed by atoms with E-state index in [0.717, 1.165) is 6.42 Å². The maximum Gasteiger partial charge on any atom is 0.336 e. The van der Waals surface area contributed by atoms with Gasteiger partial charge in [0.1, 0.15) is 0 Å². The first-order chi connectivity index (χ1) is 5.75. The molecule has 2 atom stereocenters. The van der Waals surface area contributed by atoms with Gasteiger partial charge in [-0.2, -0.15) is 0 Å². The van der Waals surface area contributed by atoms with Crippen LogP contribution in [0.1, 0.15) is 13.3 Å². The van der Waals surface area contributed by atoms with Crippen molar-refractivity contribution >= 4 is 5.97 Å². The van der Waals surface area contributed by atoms with Gasteiger partial charge in [-0.15, -0.1) is 6.42 Å². The third kappa shape index (κ3) is 1.99. The second kappa shape index (κ2) is 4.13. The lowest BCUT2D eigenvalue weighted by Crippen LogP contribution is -2.27. The molecule has 0 bridgehead atoms. The lowest BCUT2D eigenvalue weighted by atomic mass is 10.1. The van der Waals surface area contributed by atoms with Gasteiger partial charge in [-0.1, -0.05) is 12.8 Å². The molecule has 1 heterocycles. The van der Waals surface area contributed by atoms with Gasteiger partial charge in [0.15, 0.2) is 12.7 Å².